The summed E-state index contributed by atoms with van der Waals surface area (Å²) < 4.78 is 0. The van der Waals surface area contributed by atoms with Crippen LogP contribution in [0, 0.1) is 0 Å². The van der Waals surface area contributed by atoms with E-state index in [4.69, 9.17) is 5.11 Å². The molecular formula is C19H25NO. The van der Waals surface area contributed by atoms with Gasteiger partial charge in [-0.2, -0.15) is 0 Å². The van der Waals surface area contributed by atoms with Gasteiger partial charge in [0.15, 0.2) is 0 Å². The zero-order chi connectivity index (χ0) is 14.9. The molecule has 0 aliphatic rings. The first-order chi connectivity index (χ1) is 10.3. The normalized spacial score (nSPS) is 13.8. The van der Waals surface area contributed by atoms with E-state index in [1.807, 2.05) is 6.07 Å². The van der Waals surface area contributed by atoms with Gasteiger partial charge in [0.1, 0.15) is 0 Å². The van der Waals surface area contributed by atoms with Crippen molar-refractivity contribution in [3.8, 4) is 0 Å². The fraction of sp³-hybridized carbons (Fsp3) is 0.368. The third-order valence-corrected chi connectivity index (χ3v) is 3.87. The molecule has 2 N–H and O–H groups in total. The highest BCUT2D eigenvalue weighted by Crippen LogP contribution is 2.25. The molecule has 0 spiro atoms. The second kappa shape index (κ2) is 8.60. The van der Waals surface area contributed by atoms with Crippen LogP contribution >= 0.6 is 0 Å². The third kappa shape index (κ3) is 4.69. The molecule has 2 aromatic rings. The van der Waals surface area contributed by atoms with Crippen LogP contribution in [0.1, 0.15) is 49.4 Å². The summed E-state index contributed by atoms with van der Waals surface area (Å²) in [6.45, 7) is 2.45. The van der Waals surface area contributed by atoms with E-state index in [2.05, 4.69) is 66.8 Å². The molecule has 2 aromatic carbocycles. The minimum atomic E-state index is 0.243. The van der Waals surface area contributed by atoms with Crippen LogP contribution in [0.2, 0.25) is 0 Å². The highest BCUT2D eigenvalue weighted by Gasteiger charge is 2.16. The Labute approximate surface area is 127 Å². The van der Waals surface area contributed by atoms with Crippen molar-refractivity contribution >= 4 is 0 Å². The van der Waals surface area contributed by atoms with E-state index < -0.39 is 0 Å². The summed E-state index contributed by atoms with van der Waals surface area (Å²) in [6.07, 6.45) is 2.81. The lowest BCUT2D eigenvalue weighted by atomic mass is 9.98. The molecule has 21 heavy (non-hydrogen) atoms. The summed E-state index contributed by atoms with van der Waals surface area (Å²) in [4.78, 5) is 0. The van der Waals surface area contributed by atoms with Gasteiger partial charge in [0.2, 0.25) is 0 Å². The van der Waals surface area contributed by atoms with Crippen LogP contribution < -0.4 is 5.32 Å². The Bertz CT molecular complexity index is 497. The maximum atomic E-state index is 9.14. The molecular weight excluding hydrogens is 258 g/mol. The Balaban J connectivity index is 2.13. The largest absolute Gasteiger partial charge is 0.396 e. The van der Waals surface area contributed by atoms with Gasteiger partial charge in [0, 0.05) is 18.7 Å². The average molecular weight is 283 g/mol. The lowest BCUT2D eigenvalue weighted by Crippen LogP contribution is -2.26. The Hall–Kier alpha value is -1.64. The predicted molar refractivity (Wildman–Crippen MR) is 88.1 cm³/mol. The molecule has 2 heteroatoms. The van der Waals surface area contributed by atoms with E-state index in [1.54, 1.807) is 0 Å². The molecule has 2 atom stereocenters. The Morgan fingerprint density at radius 2 is 1.38 bits per heavy atom. The van der Waals surface area contributed by atoms with Crippen molar-refractivity contribution in [1.82, 2.24) is 5.32 Å². The molecule has 0 saturated carbocycles. The topological polar surface area (TPSA) is 32.3 Å². The van der Waals surface area contributed by atoms with E-state index in [0.717, 1.165) is 19.3 Å². The molecule has 0 aliphatic heterocycles. The van der Waals surface area contributed by atoms with Crippen LogP contribution in [0.15, 0.2) is 60.7 Å². The van der Waals surface area contributed by atoms with Crippen molar-refractivity contribution in [3.05, 3.63) is 71.8 Å². The van der Waals surface area contributed by atoms with Crippen LogP contribution in [-0.2, 0) is 0 Å². The van der Waals surface area contributed by atoms with Crippen molar-refractivity contribution in [2.75, 3.05) is 6.61 Å². The SMILES string of the molecule is CCC(NC(CCCO)c1ccccc1)c1ccccc1. The second-order valence-corrected chi connectivity index (χ2v) is 5.37. The molecule has 2 unspecified atom stereocenters. The van der Waals surface area contributed by atoms with Crippen LogP contribution in [0.5, 0.6) is 0 Å². The smallest absolute Gasteiger partial charge is 0.0431 e. The van der Waals surface area contributed by atoms with E-state index in [0.29, 0.717) is 6.04 Å². The molecule has 2 rings (SSSR count). The van der Waals surface area contributed by atoms with Gasteiger partial charge in [0.05, 0.1) is 0 Å². The third-order valence-electron chi connectivity index (χ3n) is 3.87. The van der Waals surface area contributed by atoms with Gasteiger partial charge in [0.25, 0.3) is 0 Å². The standard InChI is InChI=1S/C19H25NO/c1-2-18(16-10-5-3-6-11-16)20-19(14-9-15-21)17-12-7-4-8-13-17/h3-8,10-13,18-21H,2,9,14-15H2,1H3. The summed E-state index contributed by atoms with van der Waals surface area (Å²) in [6, 6.07) is 21.7. The first-order valence-electron chi connectivity index (χ1n) is 7.82. The van der Waals surface area contributed by atoms with E-state index in [1.165, 1.54) is 11.1 Å². The maximum Gasteiger partial charge on any atom is 0.0431 e. The predicted octanol–water partition coefficient (Wildman–Crippen LogP) is 4.24. The minimum Gasteiger partial charge on any atom is -0.396 e. The van der Waals surface area contributed by atoms with Gasteiger partial charge in [-0.25, -0.2) is 0 Å². The molecule has 0 aromatic heterocycles. The van der Waals surface area contributed by atoms with Gasteiger partial charge < -0.3 is 10.4 Å². The minimum absolute atomic E-state index is 0.243. The van der Waals surface area contributed by atoms with Crippen molar-refractivity contribution in [1.29, 1.82) is 0 Å². The monoisotopic (exact) mass is 283 g/mol. The van der Waals surface area contributed by atoms with Gasteiger partial charge in [-0.05, 0) is 30.4 Å². The Morgan fingerprint density at radius 3 is 1.86 bits per heavy atom. The fourth-order valence-corrected chi connectivity index (χ4v) is 2.70. The molecule has 112 valence electrons. The zero-order valence-corrected chi connectivity index (χ0v) is 12.7. The van der Waals surface area contributed by atoms with Crippen molar-refractivity contribution in [3.63, 3.8) is 0 Å². The van der Waals surface area contributed by atoms with E-state index in [-0.39, 0.29) is 12.6 Å². The summed E-state index contributed by atoms with van der Waals surface area (Å²) in [5.41, 5.74) is 2.62. The lowest BCUT2D eigenvalue weighted by molar-refractivity contribution is 0.271. The zero-order valence-electron chi connectivity index (χ0n) is 12.7. The summed E-state index contributed by atoms with van der Waals surface area (Å²) in [5, 5.41) is 12.9. The number of hydrogen-bond donors (Lipinski definition) is 2. The van der Waals surface area contributed by atoms with Gasteiger partial charge >= 0.3 is 0 Å². The number of aliphatic hydroxyl groups excluding tert-OH is 1. The molecule has 2 nitrogen and oxygen atoms in total. The summed E-state index contributed by atoms with van der Waals surface area (Å²) in [7, 11) is 0. The van der Waals surface area contributed by atoms with E-state index >= 15 is 0 Å². The van der Waals surface area contributed by atoms with Crippen molar-refractivity contribution in [2.45, 2.75) is 38.3 Å². The van der Waals surface area contributed by atoms with Crippen LogP contribution in [0.3, 0.4) is 0 Å². The Morgan fingerprint density at radius 1 is 0.857 bits per heavy atom. The molecule has 0 heterocycles. The molecule has 0 fully saturated rings. The first-order valence-corrected chi connectivity index (χ1v) is 7.82. The summed E-state index contributed by atoms with van der Waals surface area (Å²) >= 11 is 0. The maximum absolute atomic E-state index is 9.14. The molecule has 0 radical (unpaired) electrons. The van der Waals surface area contributed by atoms with Crippen LogP contribution in [-0.4, -0.2) is 11.7 Å². The van der Waals surface area contributed by atoms with Crippen molar-refractivity contribution in [2.24, 2.45) is 0 Å². The highest BCUT2D eigenvalue weighted by atomic mass is 16.2. The average Bonchev–Trinajstić information content (AvgIpc) is 2.57. The van der Waals surface area contributed by atoms with Crippen LogP contribution in [0.4, 0.5) is 0 Å². The molecule has 0 bridgehead atoms. The van der Waals surface area contributed by atoms with Gasteiger partial charge in [-0.3, -0.25) is 0 Å². The number of nitrogens with one attached hydrogen (secondary N) is 1. The number of hydrogen-bond acceptors (Lipinski definition) is 2. The molecule has 0 aliphatic carbocycles. The van der Waals surface area contributed by atoms with Crippen molar-refractivity contribution < 1.29 is 5.11 Å². The molecule has 0 saturated heterocycles. The quantitative estimate of drug-likeness (QED) is 0.759. The second-order valence-electron chi connectivity index (χ2n) is 5.37. The summed E-state index contributed by atoms with van der Waals surface area (Å²) in [5.74, 6) is 0. The Kier molecular flexibility index (Phi) is 6.45. The van der Waals surface area contributed by atoms with Gasteiger partial charge in [-0.15, -0.1) is 0 Å². The fourth-order valence-electron chi connectivity index (χ4n) is 2.70. The van der Waals surface area contributed by atoms with Crippen LogP contribution in [0.25, 0.3) is 0 Å². The number of aliphatic hydroxyl groups is 1. The number of rotatable bonds is 8. The lowest BCUT2D eigenvalue weighted by Gasteiger charge is -2.26. The molecule has 0 amide bonds. The van der Waals surface area contributed by atoms with Gasteiger partial charge in [-0.1, -0.05) is 67.6 Å². The van der Waals surface area contributed by atoms with E-state index in [9.17, 15) is 0 Å². The first kappa shape index (κ1) is 15.7. The highest BCUT2D eigenvalue weighted by molar-refractivity contribution is 5.22. The number of benzene rings is 2.